The van der Waals surface area contributed by atoms with Gasteiger partial charge >= 0.3 is 0 Å². The smallest absolute Gasteiger partial charge is 0.293 e. The summed E-state index contributed by atoms with van der Waals surface area (Å²) in [7, 11) is -1.75. The van der Waals surface area contributed by atoms with Gasteiger partial charge in [-0.2, -0.15) is 0 Å². The molecule has 148 valence electrons. The first-order chi connectivity index (χ1) is 13.3. The number of methoxy groups -OCH3 is 1. The van der Waals surface area contributed by atoms with Gasteiger partial charge in [0.25, 0.3) is 11.1 Å². The molecule has 8 nitrogen and oxygen atoms in total. The highest BCUT2D eigenvalue weighted by molar-refractivity contribution is 8.18. The largest absolute Gasteiger partial charge is 0.496 e. The Kier molecular flexibility index (Phi) is 5.90. The van der Waals surface area contributed by atoms with Crippen LogP contribution in [0.2, 0.25) is 0 Å². The van der Waals surface area contributed by atoms with Crippen LogP contribution >= 0.6 is 11.8 Å². The molecule has 0 saturated carbocycles. The molecule has 3 rings (SSSR count). The van der Waals surface area contributed by atoms with Gasteiger partial charge in [-0.25, -0.2) is 8.42 Å². The molecule has 10 heteroatoms. The minimum Gasteiger partial charge on any atom is -0.496 e. The zero-order valence-electron chi connectivity index (χ0n) is 15.0. The van der Waals surface area contributed by atoms with E-state index < -0.39 is 32.9 Å². The molecule has 1 aromatic carbocycles. The zero-order chi connectivity index (χ0) is 20.3. The molecule has 1 fully saturated rings. The highest BCUT2D eigenvalue weighted by atomic mass is 32.2. The lowest BCUT2D eigenvalue weighted by Gasteiger charge is -2.14. The summed E-state index contributed by atoms with van der Waals surface area (Å²) in [4.78, 5) is 37.9. The number of para-hydroxylation sites is 1. The Balaban J connectivity index is 1.60. The maximum absolute atomic E-state index is 12.5. The summed E-state index contributed by atoms with van der Waals surface area (Å²) in [6, 6.07) is 6.52. The molecule has 0 bridgehead atoms. The highest BCUT2D eigenvalue weighted by Gasteiger charge is 2.35. The van der Waals surface area contributed by atoms with Crippen LogP contribution in [-0.4, -0.2) is 55.8 Å². The molecule has 2 aliphatic heterocycles. The third-order valence-electron chi connectivity index (χ3n) is 4.14. The van der Waals surface area contributed by atoms with Crippen molar-refractivity contribution in [2.75, 3.05) is 19.4 Å². The number of hydrogen-bond donors (Lipinski definition) is 1. The van der Waals surface area contributed by atoms with E-state index in [-0.39, 0.29) is 23.6 Å². The van der Waals surface area contributed by atoms with Gasteiger partial charge in [-0.05, 0) is 30.0 Å². The predicted molar refractivity (Wildman–Crippen MR) is 105 cm³/mol. The average Bonchev–Trinajstić information content (AvgIpc) is 3.12. The second kappa shape index (κ2) is 8.19. The van der Waals surface area contributed by atoms with Crippen molar-refractivity contribution < 1.29 is 27.5 Å². The van der Waals surface area contributed by atoms with Crippen LogP contribution in [0.5, 0.6) is 5.75 Å². The molecule has 2 aliphatic rings. The fraction of sp³-hybridized carbons (Fsp3) is 0.278. The first-order valence-corrected chi connectivity index (χ1v) is 10.9. The van der Waals surface area contributed by atoms with E-state index in [9.17, 15) is 22.8 Å². The maximum Gasteiger partial charge on any atom is 0.293 e. The molecule has 0 radical (unpaired) electrons. The SMILES string of the molecule is COc1ccccc1/C=C1/SC(=O)N(CCC(=O)N[C@H]2C=CS(=O)(=O)C2)C1=O. The van der Waals surface area contributed by atoms with E-state index in [2.05, 4.69) is 5.32 Å². The van der Waals surface area contributed by atoms with E-state index in [1.807, 2.05) is 0 Å². The number of rotatable bonds is 6. The van der Waals surface area contributed by atoms with Gasteiger partial charge in [0.1, 0.15) is 5.75 Å². The Labute approximate surface area is 166 Å². The van der Waals surface area contributed by atoms with E-state index in [1.54, 1.807) is 30.3 Å². The van der Waals surface area contributed by atoms with Crippen LogP contribution in [-0.2, 0) is 19.4 Å². The van der Waals surface area contributed by atoms with Crippen molar-refractivity contribution in [3.8, 4) is 5.75 Å². The first-order valence-electron chi connectivity index (χ1n) is 8.38. The zero-order valence-corrected chi connectivity index (χ0v) is 16.6. The van der Waals surface area contributed by atoms with Crippen LogP contribution in [0.15, 0.2) is 40.7 Å². The number of ether oxygens (including phenoxy) is 1. The number of imide groups is 1. The Bertz CT molecular complexity index is 984. The van der Waals surface area contributed by atoms with Crippen LogP contribution in [0, 0.1) is 0 Å². The molecule has 0 aliphatic carbocycles. The van der Waals surface area contributed by atoms with Crippen molar-refractivity contribution in [1.29, 1.82) is 0 Å². The lowest BCUT2D eigenvalue weighted by atomic mass is 10.2. The van der Waals surface area contributed by atoms with E-state index in [0.29, 0.717) is 11.3 Å². The van der Waals surface area contributed by atoms with Gasteiger partial charge in [-0.3, -0.25) is 19.3 Å². The lowest BCUT2D eigenvalue weighted by molar-refractivity contribution is -0.124. The predicted octanol–water partition coefficient (Wildman–Crippen LogP) is 1.55. The van der Waals surface area contributed by atoms with Crippen molar-refractivity contribution in [1.82, 2.24) is 10.2 Å². The third-order valence-corrected chi connectivity index (χ3v) is 6.44. The second-order valence-electron chi connectivity index (χ2n) is 6.16. The van der Waals surface area contributed by atoms with Gasteiger partial charge in [-0.1, -0.05) is 18.2 Å². The number of nitrogens with one attached hydrogen (secondary N) is 1. The molecule has 0 aromatic heterocycles. The van der Waals surface area contributed by atoms with Crippen molar-refractivity contribution in [3.63, 3.8) is 0 Å². The normalized spacial score (nSPS) is 22.1. The van der Waals surface area contributed by atoms with E-state index in [1.165, 1.54) is 13.2 Å². The van der Waals surface area contributed by atoms with Gasteiger partial charge in [0.2, 0.25) is 5.91 Å². The topological polar surface area (TPSA) is 110 Å². The monoisotopic (exact) mass is 422 g/mol. The molecular formula is C18H18N2O6S2. The van der Waals surface area contributed by atoms with Gasteiger partial charge in [0.15, 0.2) is 9.84 Å². The summed E-state index contributed by atoms with van der Waals surface area (Å²) < 4.78 is 27.9. The number of sulfone groups is 1. The number of benzene rings is 1. The summed E-state index contributed by atoms with van der Waals surface area (Å²) in [6.45, 7) is -0.0804. The van der Waals surface area contributed by atoms with E-state index in [4.69, 9.17) is 4.74 Å². The molecule has 1 atom stereocenters. The number of carbonyl (C=O) groups is 3. The van der Waals surface area contributed by atoms with Crippen LogP contribution < -0.4 is 10.1 Å². The second-order valence-corrected chi connectivity index (χ2v) is 9.08. The molecular weight excluding hydrogens is 404 g/mol. The summed E-state index contributed by atoms with van der Waals surface area (Å²) in [5.41, 5.74) is 0.669. The summed E-state index contributed by atoms with van der Waals surface area (Å²) in [5.74, 6) is -0.507. The third kappa shape index (κ3) is 4.63. The molecule has 0 spiro atoms. The van der Waals surface area contributed by atoms with Crippen molar-refractivity contribution in [2.24, 2.45) is 0 Å². The summed E-state index contributed by atoms with van der Waals surface area (Å²) in [5, 5.41) is 3.17. The Morgan fingerprint density at radius 2 is 2.11 bits per heavy atom. The van der Waals surface area contributed by atoms with Crippen LogP contribution in [0.1, 0.15) is 12.0 Å². The van der Waals surface area contributed by atoms with Gasteiger partial charge in [0, 0.05) is 23.9 Å². The first kappa shape index (κ1) is 20.2. The minimum absolute atomic E-state index is 0.0804. The molecule has 2 heterocycles. The molecule has 28 heavy (non-hydrogen) atoms. The minimum atomic E-state index is -3.27. The van der Waals surface area contributed by atoms with Crippen LogP contribution in [0.4, 0.5) is 4.79 Å². The fourth-order valence-corrected chi connectivity index (χ4v) is 4.87. The number of hydrogen-bond acceptors (Lipinski definition) is 7. The van der Waals surface area contributed by atoms with Crippen molar-refractivity contribution in [2.45, 2.75) is 12.5 Å². The standard InChI is InChI=1S/C18H18N2O6S2/c1-26-14-5-3-2-4-12(14)10-15-17(22)20(18(23)27-15)8-6-16(21)19-13-7-9-28(24,25)11-13/h2-5,7,9-10,13H,6,8,11H2,1H3,(H,19,21)/b15-10+/t13-/m0/s1. The molecule has 1 saturated heterocycles. The van der Waals surface area contributed by atoms with E-state index >= 15 is 0 Å². The van der Waals surface area contributed by atoms with Gasteiger partial charge in [-0.15, -0.1) is 0 Å². The van der Waals surface area contributed by atoms with Crippen LogP contribution in [0.3, 0.4) is 0 Å². The fourth-order valence-electron chi connectivity index (χ4n) is 2.78. The lowest BCUT2D eigenvalue weighted by Crippen LogP contribution is -2.38. The van der Waals surface area contributed by atoms with Gasteiger partial charge in [0.05, 0.1) is 23.8 Å². The highest BCUT2D eigenvalue weighted by Crippen LogP contribution is 2.33. The number of nitrogens with zero attached hydrogens (tertiary/aromatic N) is 1. The summed E-state index contributed by atoms with van der Waals surface area (Å²) >= 11 is 0.801. The maximum atomic E-state index is 12.5. The van der Waals surface area contributed by atoms with Gasteiger partial charge < -0.3 is 10.1 Å². The molecule has 3 amide bonds. The number of carbonyl (C=O) groups excluding carboxylic acids is 3. The van der Waals surface area contributed by atoms with Crippen LogP contribution in [0.25, 0.3) is 6.08 Å². The van der Waals surface area contributed by atoms with E-state index in [0.717, 1.165) is 22.1 Å². The Morgan fingerprint density at radius 1 is 1.36 bits per heavy atom. The Morgan fingerprint density at radius 3 is 2.79 bits per heavy atom. The number of thioether (sulfide) groups is 1. The number of amides is 3. The molecule has 0 unspecified atom stereocenters. The average molecular weight is 422 g/mol. The van der Waals surface area contributed by atoms with Crippen molar-refractivity contribution in [3.05, 3.63) is 46.2 Å². The Hall–Kier alpha value is -2.59. The summed E-state index contributed by atoms with van der Waals surface area (Å²) in [6.07, 6.45) is 2.88. The quantitative estimate of drug-likeness (QED) is 0.693. The molecule has 1 aromatic rings. The van der Waals surface area contributed by atoms with Crippen molar-refractivity contribution >= 4 is 44.7 Å². The molecule has 1 N–H and O–H groups in total.